The molecule has 0 saturated carbocycles. The molecule has 6 heteroatoms. The lowest BCUT2D eigenvalue weighted by Gasteiger charge is -2.57. The van der Waals surface area contributed by atoms with Crippen molar-refractivity contribution in [3.05, 3.63) is 99.6 Å². The lowest BCUT2D eigenvalue weighted by atomic mass is 9.42. The number of esters is 1. The van der Waals surface area contributed by atoms with Crippen molar-refractivity contribution in [1.82, 2.24) is 0 Å². The Labute approximate surface area is 208 Å². The van der Waals surface area contributed by atoms with E-state index in [1.54, 1.807) is 13.0 Å². The minimum atomic E-state index is -0.659. The zero-order valence-corrected chi connectivity index (χ0v) is 20.4. The van der Waals surface area contributed by atoms with E-state index in [1.165, 1.54) is 17.0 Å². The summed E-state index contributed by atoms with van der Waals surface area (Å²) >= 11 is 6.26. The molecule has 0 unspecified atom stereocenters. The van der Waals surface area contributed by atoms with Crippen molar-refractivity contribution in [3.8, 4) is 0 Å². The van der Waals surface area contributed by atoms with Gasteiger partial charge >= 0.3 is 5.97 Å². The number of rotatable bonds is 3. The molecule has 35 heavy (non-hydrogen) atoms. The van der Waals surface area contributed by atoms with Crippen molar-refractivity contribution >= 4 is 35.1 Å². The molecule has 0 radical (unpaired) electrons. The highest BCUT2D eigenvalue weighted by atomic mass is 35.5. The maximum atomic E-state index is 14.2. The number of nitrogens with zero attached hydrogens (tertiary/aromatic N) is 1. The van der Waals surface area contributed by atoms with Crippen LogP contribution in [0.2, 0.25) is 5.02 Å². The molecule has 1 fully saturated rings. The summed E-state index contributed by atoms with van der Waals surface area (Å²) in [5.74, 6) is -2.22. The quantitative estimate of drug-likeness (QED) is 0.375. The Morgan fingerprint density at radius 3 is 1.74 bits per heavy atom. The molecular formula is C29H24ClNO4. The van der Waals surface area contributed by atoms with Crippen LogP contribution in [0, 0.1) is 11.8 Å². The summed E-state index contributed by atoms with van der Waals surface area (Å²) in [5.41, 5.74) is 3.51. The maximum Gasteiger partial charge on any atom is 0.339 e. The molecule has 2 atom stereocenters. The van der Waals surface area contributed by atoms with E-state index >= 15 is 0 Å². The fourth-order valence-electron chi connectivity index (χ4n) is 6.84. The Morgan fingerprint density at radius 1 is 0.857 bits per heavy atom. The number of imide groups is 1. The minimum Gasteiger partial charge on any atom is -0.462 e. The third-order valence-corrected chi connectivity index (χ3v) is 8.68. The normalized spacial score (nSPS) is 27.9. The first kappa shape index (κ1) is 22.1. The fraction of sp³-hybridized carbons (Fsp3) is 0.276. The van der Waals surface area contributed by atoms with Crippen molar-refractivity contribution in [2.24, 2.45) is 11.8 Å². The van der Waals surface area contributed by atoms with Gasteiger partial charge in [0.25, 0.3) is 0 Å². The van der Waals surface area contributed by atoms with Crippen molar-refractivity contribution < 1.29 is 19.1 Å². The van der Waals surface area contributed by atoms with Gasteiger partial charge in [-0.3, -0.25) is 9.59 Å². The van der Waals surface area contributed by atoms with E-state index in [0.717, 1.165) is 22.3 Å². The predicted octanol–water partition coefficient (Wildman–Crippen LogP) is 5.26. The van der Waals surface area contributed by atoms with Gasteiger partial charge in [-0.15, -0.1) is 0 Å². The largest absolute Gasteiger partial charge is 0.462 e. The second kappa shape index (κ2) is 7.28. The molecule has 0 N–H and O–H groups in total. The molecule has 3 aromatic rings. The fourth-order valence-corrected chi connectivity index (χ4v) is 7.04. The smallest absolute Gasteiger partial charge is 0.339 e. The van der Waals surface area contributed by atoms with Gasteiger partial charge in [0.05, 0.1) is 34.7 Å². The van der Waals surface area contributed by atoms with E-state index in [9.17, 15) is 14.4 Å². The Hall–Kier alpha value is -3.44. The highest BCUT2D eigenvalue weighted by molar-refractivity contribution is 6.34. The summed E-state index contributed by atoms with van der Waals surface area (Å²) in [7, 11) is 0. The van der Waals surface area contributed by atoms with Gasteiger partial charge in [-0.05, 0) is 47.4 Å². The van der Waals surface area contributed by atoms with Gasteiger partial charge in [-0.25, -0.2) is 9.69 Å². The maximum absolute atomic E-state index is 14.2. The number of amides is 2. The van der Waals surface area contributed by atoms with Crippen LogP contribution in [0.4, 0.5) is 5.69 Å². The first-order valence-electron chi connectivity index (χ1n) is 11.8. The zero-order valence-electron chi connectivity index (χ0n) is 19.7. The van der Waals surface area contributed by atoms with Crippen LogP contribution < -0.4 is 4.90 Å². The number of anilines is 1. The Bertz CT molecular complexity index is 1320. The monoisotopic (exact) mass is 485 g/mol. The molecule has 0 spiro atoms. The molecule has 3 aromatic carbocycles. The topological polar surface area (TPSA) is 63.7 Å². The number of ether oxygens (including phenoxy) is 1. The van der Waals surface area contributed by atoms with E-state index in [4.69, 9.17) is 16.3 Å². The molecule has 4 aliphatic rings. The third kappa shape index (κ3) is 2.57. The Balaban J connectivity index is 1.56. The van der Waals surface area contributed by atoms with Gasteiger partial charge in [0.2, 0.25) is 11.8 Å². The second-order valence-electron chi connectivity index (χ2n) is 9.85. The van der Waals surface area contributed by atoms with E-state index in [2.05, 4.69) is 38.1 Å². The SMILES string of the molecule is CCOC(=O)c1cc(N2C(=O)[C@H]3[C@H](C2=O)C2(C)c4ccccc4C3(C)c3ccccc32)ccc1Cl. The molecular weight excluding hydrogens is 462 g/mol. The summed E-state index contributed by atoms with van der Waals surface area (Å²) < 4.78 is 5.12. The Morgan fingerprint density at radius 2 is 1.31 bits per heavy atom. The van der Waals surface area contributed by atoms with Crippen LogP contribution in [0.25, 0.3) is 0 Å². The van der Waals surface area contributed by atoms with Gasteiger partial charge < -0.3 is 4.74 Å². The van der Waals surface area contributed by atoms with Crippen LogP contribution in [0.5, 0.6) is 0 Å². The molecule has 0 aromatic heterocycles. The van der Waals surface area contributed by atoms with Crippen LogP contribution in [-0.4, -0.2) is 24.4 Å². The van der Waals surface area contributed by atoms with E-state index in [0.29, 0.717) is 5.69 Å². The second-order valence-corrected chi connectivity index (χ2v) is 10.3. The van der Waals surface area contributed by atoms with E-state index < -0.39 is 28.6 Å². The van der Waals surface area contributed by atoms with Crippen LogP contribution in [-0.2, 0) is 25.2 Å². The summed E-state index contributed by atoms with van der Waals surface area (Å²) in [6, 6.07) is 21.0. The molecule has 2 bridgehead atoms. The summed E-state index contributed by atoms with van der Waals surface area (Å²) in [6.45, 7) is 6.07. The number of carbonyl (C=O) groups is 3. The van der Waals surface area contributed by atoms with Gasteiger partial charge in [0, 0.05) is 10.8 Å². The van der Waals surface area contributed by atoms with E-state index in [1.807, 2.05) is 24.3 Å². The van der Waals surface area contributed by atoms with Crippen molar-refractivity contribution in [1.29, 1.82) is 0 Å². The summed E-state index contributed by atoms with van der Waals surface area (Å²) in [4.78, 5) is 42.0. The lowest BCUT2D eigenvalue weighted by Crippen LogP contribution is -2.59. The zero-order chi connectivity index (χ0) is 24.7. The average Bonchev–Trinajstić information content (AvgIpc) is 3.14. The molecule has 2 amide bonds. The molecule has 5 nitrogen and oxygen atoms in total. The van der Waals surface area contributed by atoms with Gasteiger partial charge in [-0.2, -0.15) is 0 Å². The molecule has 7 rings (SSSR count). The van der Waals surface area contributed by atoms with Gasteiger partial charge in [-0.1, -0.05) is 74.0 Å². The minimum absolute atomic E-state index is 0.133. The number of carbonyl (C=O) groups excluding carboxylic acids is 3. The van der Waals surface area contributed by atoms with Crippen LogP contribution in [0.1, 0.15) is 53.4 Å². The van der Waals surface area contributed by atoms with E-state index in [-0.39, 0.29) is 29.0 Å². The molecule has 176 valence electrons. The highest BCUT2D eigenvalue weighted by Gasteiger charge is 2.70. The number of benzene rings is 3. The molecule has 3 aliphatic carbocycles. The first-order valence-corrected chi connectivity index (χ1v) is 12.2. The van der Waals surface area contributed by atoms with Gasteiger partial charge in [0.15, 0.2) is 0 Å². The number of halogens is 1. The molecule has 1 saturated heterocycles. The average molecular weight is 486 g/mol. The Kier molecular flexibility index (Phi) is 4.59. The summed E-state index contributed by atoms with van der Waals surface area (Å²) in [6.07, 6.45) is 0. The van der Waals surface area contributed by atoms with Crippen LogP contribution >= 0.6 is 11.6 Å². The van der Waals surface area contributed by atoms with Crippen LogP contribution in [0.3, 0.4) is 0 Å². The predicted molar refractivity (Wildman–Crippen MR) is 133 cm³/mol. The number of hydrogen-bond acceptors (Lipinski definition) is 4. The standard InChI is InChI=1S/C29H24ClNO4/c1-4-35-27(34)17-15-16(13-14-22(17)30)31-25(32)23-24(26(31)33)29(3)20-11-7-5-9-18(20)28(23,2)19-10-6-8-12-21(19)29/h5-15,23-24H,4H2,1-3H3/t23-,24-,28?,29?/m1/s1. The molecule has 1 heterocycles. The molecule has 1 aliphatic heterocycles. The lowest BCUT2D eigenvalue weighted by molar-refractivity contribution is -0.124. The highest BCUT2D eigenvalue weighted by Crippen LogP contribution is 2.66. The van der Waals surface area contributed by atoms with Gasteiger partial charge in [0.1, 0.15) is 0 Å². The first-order chi connectivity index (χ1) is 16.8. The number of hydrogen-bond donors (Lipinski definition) is 0. The van der Waals surface area contributed by atoms with Crippen molar-refractivity contribution in [2.45, 2.75) is 31.6 Å². The summed E-state index contributed by atoms with van der Waals surface area (Å²) in [5, 5.41) is 0.211. The third-order valence-electron chi connectivity index (χ3n) is 8.35. The van der Waals surface area contributed by atoms with Crippen molar-refractivity contribution in [2.75, 3.05) is 11.5 Å². The van der Waals surface area contributed by atoms with Crippen LogP contribution in [0.15, 0.2) is 66.7 Å². The van der Waals surface area contributed by atoms with Crippen molar-refractivity contribution in [3.63, 3.8) is 0 Å².